The van der Waals surface area contributed by atoms with Crippen LogP contribution in [-0.4, -0.2) is 4.98 Å². The van der Waals surface area contributed by atoms with Crippen molar-refractivity contribution in [3.8, 4) is 17.3 Å². The second-order valence-electron chi connectivity index (χ2n) is 3.28. The fraction of sp³-hybridized carbons (Fsp3) is 0. The molecule has 2 aromatic rings. The number of nitrogens with zero attached hydrogens (tertiary/aromatic N) is 1. The fourth-order valence-corrected chi connectivity index (χ4v) is 1.42. The quantitative estimate of drug-likeness (QED) is 0.789. The molecule has 0 bridgehead atoms. The zero-order valence-electron chi connectivity index (χ0n) is 8.20. The van der Waals surface area contributed by atoms with Gasteiger partial charge in [-0.2, -0.15) is 5.26 Å². The highest BCUT2D eigenvalue weighted by molar-refractivity contribution is 5.61. The van der Waals surface area contributed by atoms with Crippen molar-refractivity contribution in [3.63, 3.8) is 0 Å². The number of halogens is 1. The lowest BCUT2D eigenvalue weighted by Crippen LogP contribution is -1.98. The van der Waals surface area contributed by atoms with E-state index in [1.54, 1.807) is 0 Å². The van der Waals surface area contributed by atoms with Crippen LogP contribution < -0.4 is 5.43 Å². The first-order chi connectivity index (χ1) is 7.69. The normalized spacial score (nSPS) is 9.75. The maximum absolute atomic E-state index is 13.2. The second kappa shape index (κ2) is 3.99. The summed E-state index contributed by atoms with van der Waals surface area (Å²) in [6.45, 7) is 0. The van der Waals surface area contributed by atoms with Gasteiger partial charge in [-0.25, -0.2) is 4.39 Å². The highest BCUT2D eigenvalue weighted by Gasteiger charge is 2.03. The van der Waals surface area contributed by atoms with E-state index >= 15 is 0 Å². The number of pyridine rings is 1. The number of aromatic nitrogens is 1. The molecule has 0 aliphatic carbocycles. The number of hydrogen-bond acceptors (Lipinski definition) is 2. The summed E-state index contributed by atoms with van der Waals surface area (Å²) in [7, 11) is 0. The van der Waals surface area contributed by atoms with Gasteiger partial charge in [0.05, 0.1) is 11.6 Å². The number of aromatic amines is 1. The predicted octanol–water partition coefficient (Wildman–Crippen LogP) is 2.05. The Morgan fingerprint density at radius 1 is 1.25 bits per heavy atom. The summed E-state index contributed by atoms with van der Waals surface area (Å²) in [6, 6.07) is 8.52. The average Bonchev–Trinajstić information content (AvgIpc) is 2.28. The zero-order valence-corrected chi connectivity index (χ0v) is 8.20. The van der Waals surface area contributed by atoms with Gasteiger partial charge in [0.2, 0.25) is 0 Å². The van der Waals surface area contributed by atoms with Crippen molar-refractivity contribution in [3.05, 3.63) is 58.1 Å². The molecule has 2 rings (SSSR count). The largest absolute Gasteiger partial charge is 0.361 e. The van der Waals surface area contributed by atoms with Gasteiger partial charge in [0, 0.05) is 29.6 Å². The molecule has 1 heterocycles. The van der Waals surface area contributed by atoms with Crippen LogP contribution in [0.15, 0.2) is 41.3 Å². The van der Waals surface area contributed by atoms with E-state index in [0.29, 0.717) is 11.3 Å². The van der Waals surface area contributed by atoms with E-state index in [2.05, 4.69) is 4.98 Å². The molecule has 3 nitrogen and oxygen atoms in total. The van der Waals surface area contributed by atoms with E-state index in [1.165, 1.54) is 30.5 Å². The lowest BCUT2D eigenvalue weighted by Gasteiger charge is -2.01. The van der Waals surface area contributed by atoms with Gasteiger partial charge in [0.25, 0.3) is 0 Å². The lowest BCUT2D eigenvalue weighted by molar-refractivity contribution is 0.628. The molecule has 4 heteroatoms. The van der Waals surface area contributed by atoms with E-state index in [4.69, 9.17) is 5.26 Å². The molecule has 0 atom stereocenters. The minimum absolute atomic E-state index is 0.170. The number of hydrogen-bond donors (Lipinski definition) is 1. The fourth-order valence-electron chi connectivity index (χ4n) is 1.42. The SMILES string of the molecule is N#Cc1cc(F)cc(-c2cc(=O)cc[nH]2)c1. The van der Waals surface area contributed by atoms with Gasteiger partial charge in [0.15, 0.2) is 5.43 Å². The highest BCUT2D eigenvalue weighted by Crippen LogP contribution is 2.18. The molecule has 1 aromatic heterocycles. The van der Waals surface area contributed by atoms with Crippen molar-refractivity contribution in [1.82, 2.24) is 4.98 Å². The molecule has 1 N–H and O–H groups in total. The summed E-state index contributed by atoms with van der Waals surface area (Å²) < 4.78 is 13.2. The Kier molecular flexibility index (Phi) is 2.52. The number of H-pyrrole nitrogens is 1. The van der Waals surface area contributed by atoms with E-state index < -0.39 is 5.82 Å². The summed E-state index contributed by atoms with van der Waals surface area (Å²) in [4.78, 5) is 14.0. The standard InChI is InChI=1S/C12H7FN2O/c13-10-4-8(7-14)3-9(5-10)12-6-11(16)1-2-15-12/h1-6H,(H,15,16). The summed E-state index contributed by atoms with van der Waals surface area (Å²) in [6.07, 6.45) is 1.48. The summed E-state index contributed by atoms with van der Waals surface area (Å²) in [5.74, 6) is -0.501. The van der Waals surface area contributed by atoms with Crippen molar-refractivity contribution in [2.24, 2.45) is 0 Å². The molecule has 0 radical (unpaired) electrons. The van der Waals surface area contributed by atoms with Crippen LogP contribution in [0.1, 0.15) is 5.56 Å². The molecular weight excluding hydrogens is 207 g/mol. The molecule has 0 aliphatic rings. The number of nitrogens with one attached hydrogen (secondary N) is 1. The Morgan fingerprint density at radius 3 is 2.75 bits per heavy atom. The van der Waals surface area contributed by atoms with Gasteiger partial charge in [-0.15, -0.1) is 0 Å². The Hall–Kier alpha value is -2.41. The molecule has 0 aliphatic heterocycles. The molecule has 1 aromatic carbocycles. The van der Waals surface area contributed by atoms with Crippen LogP contribution in [0.4, 0.5) is 4.39 Å². The van der Waals surface area contributed by atoms with Crippen LogP contribution in [0.5, 0.6) is 0 Å². The third kappa shape index (κ3) is 1.98. The van der Waals surface area contributed by atoms with Gasteiger partial charge in [-0.05, 0) is 18.2 Å². The van der Waals surface area contributed by atoms with Crippen molar-refractivity contribution >= 4 is 0 Å². The Bertz CT molecular complexity index is 625. The van der Waals surface area contributed by atoms with Crippen LogP contribution in [0.3, 0.4) is 0 Å². The van der Waals surface area contributed by atoms with Crippen LogP contribution in [-0.2, 0) is 0 Å². The lowest BCUT2D eigenvalue weighted by atomic mass is 10.1. The second-order valence-corrected chi connectivity index (χ2v) is 3.28. The minimum atomic E-state index is -0.501. The van der Waals surface area contributed by atoms with Crippen molar-refractivity contribution in [2.45, 2.75) is 0 Å². The Labute approximate surface area is 90.8 Å². The highest BCUT2D eigenvalue weighted by atomic mass is 19.1. The van der Waals surface area contributed by atoms with Crippen LogP contribution in [0, 0.1) is 17.1 Å². The smallest absolute Gasteiger partial charge is 0.182 e. The molecular formula is C12H7FN2O. The van der Waals surface area contributed by atoms with E-state index in [-0.39, 0.29) is 11.0 Å². The molecule has 0 saturated carbocycles. The molecule has 16 heavy (non-hydrogen) atoms. The van der Waals surface area contributed by atoms with Crippen LogP contribution in [0.25, 0.3) is 11.3 Å². The first-order valence-corrected chi connectivity index (χ1v) is 4.59. The van der Waals surface area contributed by atoms with Crippen molar-refractivity contribution in [1.29, 1.82) is 5.26 Å². The molecule has 0 fully saturated rings. The van der Waals surface area contributed by atoms with E-state index in [1.807, 2.05) is 6.07 Å². The van der Waals surface area contributed by atoms with Gasteiger partial charge >= 0.3 is 0 Å². The van der Waals surface area contributed by atoms with E-state index in [9.17, 15) is 9.18 Å². The van der Waals surface area contributed by atoms with Crippen molar-refractivity contribution in [2.75, 3.05) is 0 Å². The number of nitriles is 1. The third-order valence-corrected chi connectivity index (χ3v) is 2.11. The van der Waals surface area contributed by atoms with E-state index in [0.717, 1.165) is 6.07 Å². The van der Waals surface area contributed by atoms with Crippen LogP contribution >= 0.6 is 0 Å². The number of rotatable bonds is 1. The maximum atomic E-state index is 13.2. The molecule has 0 saturated heterocycles. The summed E-state index contributed by atoms with van der Waals surface area (Å²) in [5, 5.41) is 8.70. The molecule has 78 valence electrons. The first kappa shape index (κ1) is 10.1. The molecule has 0 unspecified atom stereocenters. The molecule has 0 amide bonds. The monoisotopic (exact) mass is 214 g/mol. The van der Waals surface area contributed by atoms with Gasteiger partial charge in [-0.3, -0.25) is 4.79 Å². The maximum Gasteiger partial charge on any atom is 0.182 e. The topological polar surface area (TPSA) is 56.6 Å². The summed E-state index contributed by atoms with van der Waals surface area (Å²) in [5.41, 5.74) is 1.02. The van der Waals surface area contributed by atoms with Gasteiger partial charge < -0.3 is 4.98 Å². The predicted molar refractivity (Wildman–Crippen MR) is 57.2 cm³/mol. The Morgan fingerprint density at radius 2 is 2.06 bits per heavy atom. The minimum Gasteiger partial charge on any atom is -0.361 e. The van der Waals surface area contributed by atoms with Crippen molar-refractivity contribution < 1.29 is 4.39 Å². The van der Waals surface area contributed by atoms with Crippen LogP contribution in [0.2, 0.25) is 0 Å². The third-order valence-electron chi connectivity index (χ3n) is 2.11. The zero-order chi connectivity index (χ0) is 11.5. The molecule has 0 spiro atoms. The first-order valence-electron chi connectivity index (χ1n) is 4.59. The van der Waals surface area contributed by atoms with Gasteiger partial charge in [0.1, 0.15) is 5.82 Å². The Balaban J connectivity index is 2.61. The van der Waals surface area contributed by atoms with Gasteiger partial charge in [-0.1, -0.05) is 0 Å². The average molecular weight is 214 g/mol. The number of benzene rings is 1. The summed E-state index contributed by atoms with van der Waals surface area (Å²) >= 11 is 0.